The van der Waals surface area contributed by atoms with Gasteiger partial charge < -0.3 is 10.6 Å². The summed E-state index contributed by atoms with van der Waals surface area (Å²) in [6, 6.07) is 6.41. The van der Waals surface area contributed by atoms with Crippen LogP contribution in [0.15, 0.2) is 24.3 Å². The molecule has 0 aliphatic carbocycles. The van der Waals surface area contributed by atoms with Crippen LogP contribution in [-0.4, -0.2) is 45.6 Å². The van der Waals surface area contributed by atoms with E-state index in [0.29, 0.717) is 30.8 Å². The van der Waals surface area contributed by atoms with Crippen molar-refractivity contribution in [2.24, 2.45) is 0 Å². The second-order valence-electron chi connectivity index (χ2n) is 5.32. The summed E-state index contributed by atoms with van der Waals surface area (Å²) in [5.41, 5.74) is 0.804. The van der Waals surface area contributed by atoms with Crippen molar-refractivity contribution in [3.63, 3.8) is 0 Å². The molecule has 1 saturated heterocycles. The average Bonchev–Trinajstić information content (AvgIpc) is 2.90. The zero-order chi connectivity index (χ0) is 16.9. The van der Waals surface area contributed by atoms with Gasteiger partial charge in [-0.1, -0.05) is 13.0 Å². The van der Waals surface area contributed by atoms with Crippen LogP contribution in [0.4, 0.5) is 5.69 Å². The number of rotatable bonds is 6. The molecule has 0 radical (unpaired) electrons. The number of carbonyl (C=O) groups is 2. The topological polar surface area (TPSA) is 95.6 Å². The highest BCUT2D eigenvalue weighted by molar-refractivity contribution is 7.93. The van der Waals surface area contributed by atoms with E-state index >= 15 is 0 Å². The number of nitrogens with one attached hydrogen (secondary N) is 2. The Labute approximate surface area is 136 Å². The number of sulfonamides is 1. The Morgan fingerprint density at radius 3 is 2.70 bits per heavy atom. The molecule has 1 aromatic carbocycles. The van der Waals surface area contributed by atoms with Crippen LogP contribution in [0.3, 0.4) is 0 Å². The normalized spacial score (nSPS) is 16.1. The highest BCUT2D eigenvalue weighted by Crippen LogP contribution is 2.24. The van der Waals surface area contributed by atoms with E-state index in [0.717, 1.165) is 6.42 Å². The molecule has 0 spiro atoms. The Hall–Kier alpha value is -2.09. The highest BCUT2D eigenvalue weighted by atomic mass is 32.2. The zero-order valence-corrected chi connectivity index (χ0v) is 13.9. The maximum Gasteiger partial charge on any atom is 0.251 e. The molecule has 2 rings (SSSR count). The van der Waals surface area contributed by atoms with Crippen molar-refractivity contribution in [1.82, 2.24) is 10.6 Å². The Kier molecular flexibility index (Phi) is 5.59. The Bertz CT molecular complexity index is 688. The molecule has 0 atom stereocenters. The van der Waals surface area contributed by atoms with Crippen LogP contribution in [0.2, 0.25) is 0 Å². The van der Waals surface area contributed by atoms with E-state index in [9.17, 15) is 18.0 Å². The molecule has 1 heterocycles. The lowest BCUT2D eigenvalue weighted by Gasteiger charge is -2.17. The van der Waals surface area contributed by atoms with E-state index in [2.05, 4.69) is 10.6 Å². The summed E-state index contributed by atoms with van der Waals surface area (Å²) in [5.74, 6) is -0.533. The molecule has 0 saturated carbocycles. The molecule has 2 N–H and O–H groups in total. The van der Waals surface area contributed by atoms with Gasteiger partial charge in [0.05, 0.1) is 18.0 Å². The van der Waals surface area contributed by atoms with Crippen molar-refractivity contribution in [3.8, 4) is 0 Å². The Morgan fingerprint density at radius 2 is 2.04 bits per heavy atom. The van der Waals surface area contributed by atoms with E-state index in [-0.39, 0.29) is 18.2 Å². The molecule has 8 heteroatoms. The first-order chi connectivity index (χ1) is 10.9. The van der Waals surface area contributed by atoms with Gasteiger partial charge in [0.15, 0.2) is 0 Å². The van der Waals surface area contributed by atoms with Crippen molar-refractivity contribution in [2.45, 2.75) is 19.8 Å². The van der Waals surface area contributed by atoms with Crippen LogP contribution >= 0.6 is 0 Å². The summed E-state index contributed by atoms with van der Waals surface area (Å²) in [5, 5.41) is 5.19. The van der Waals surface area contributed by atoms with Gasteiger partial charge in [0, 0.05) is 18.7 Å². The first-order valence-electron chi connectivity index (χ1n) is 7.59. The molecule has 1 fully saturated rings. The number of nitrogens with zero attached hydrogens (tertiary/aromatic N) is 1. The molecule has 2 amide bonds. The van der Waals surface area contributed by atoms with Gasteiger partial charge in [-0.2, -0.15) is 0 Å². The standard InChI is InChI=1S/C15H21N3O4S/c1-2-7-16-14(19)11-17-15(20)12-5-3-6-13(10-12)18-8-4-9-23(18,21)22/h3,5-6,10H,2,4,7-9,11H2,1H3,(H,16,19)(H,17,20). The summed E-state index contributed by atoms with van der Waals surface area (Å²) in [6.45, 7) is 2.83. The van der Waals surface area contributed by atoms with Gasteiger partial charge in [0.2, 0.25) is 15.9 Å². The van der Waals surface area contributed by atoms with Gasteiger partial charge >= 0.3 is 0 Å². The summed E-state index contributed by atoms with van der Waals surface area (Å²) >= 11 is 0. The molecule has 1 aliphatic rings. The SMILES string of the molecule is CCCNC(=O)CNC(=O)c1cccc(N2CCCS2(=O)=O)c1. The fourth-order valence-electron chi connectivity index (χ4n) is 2.32. The molecule has 0 unspecified atom stereocenters. The van der Waals surface area contributed by atoms with Gasteiger partial charge in [-0.15, -0.1) is 0 Å². The van der Waals surface area contributed by atoms with Gasteiger partial charge in [-0.25, -0.2) is 8.42 Å². The molecule has 0 bridgehead atoms. The number of anilines is 1. The van der Waals surface area contributed by atoms with Crippen molar-refractivity contribution >= 4 is 27.5 Å². The fraction of sp³-hybridized carbons (Fsp3) is 0.467. The zero-order valence-electron chi connectivity index (χ0n) is 13.0. The van der Waals surface area contributed by atoms with Crippen LogP contribution in [0.25, 0.3) is 0 Å². The molecular weight excluding hydrogens is 318 g/mol. The number of carbonyl (C=O) groups excluding carboxylic acids is 2. The van der Waals surface area contributed by atoms with E-state index in [4.69, 9.17) is 0 Å². The first-order valence-corrected chi connectivity index (χ1v) is 9.20. The quantitative estimate of drug-likeness (QED) is 0.788. The van der Waals surface area contributed by atoms with E-state index in [1.165, 1.54) is 10.4 Å². The third-order valence-corrected chi connectivity index (χ3v) is 5.35. The van der Waals surface area contributed by atoms with E-state index < -0.39 is 15.9 Å². The Morgan fingerprint density at radius 1 is 1.26 bits per heavy atom. The van der Waals surface area contributed by atoms with Crippen molar-refractivity contribution in [2.75, 3.05) is 29.7 Å². The van der Waals surface area contributed by atoms with Crippen LogP contribution in [0.1, 0.15) is 30.1 Å². The van der Waals surface area contributed by atoms with E-state index in [1.54, 1.807) is 18.2 Å². The molecule has 7 nitrogen and oxygen atoms in total. The van der Waals surface area contributed by atoms with Gasteiger partial charge in [0.1, 0.15) is 0 Å². The molecule has 1 aromatic rings. The lowest BCUT2D eigenvalue weighted by molar-refractivity contribution is -0.120. The summed E-state index contributed by atoms with van der Waals surface area (Å²) < 4.78 is 25.2. The number of benzene rings is 1. The minimum absolute atomic E-state index is 0.106. The highest BCUT2D eigenvalue weighted by Gasteiger charge is 2.28. The minimum Gasteiger partial charge on any atom is -0.355 e. The second-order valence-corrected chi connectivity index (χ2v) is 7.34. The van der Waals surface area contributed by atoms with Crippen LogP contribution in [-0.2, 0) is 14.8 Å². The van der Waals surface area contributed by atoms with Crippen molar-refractivity contribution < 1.29 is 18.0 Å². The molecule has 126 valence electrons. The lowest BCUT2D eigenvalue weighted by atomic mass is 10.2. The van der Waals surface area contributed by atoms with Gasteiger partial charge in [0.25, 0.3) is 5.91 Å². The summed E-state index contributed by atoms with van der Waals surface area (Å²) in [4.78, 5) is 23.6. The van der Waals surface area contributed by atoms with Crippen LogP contribution in [0.5, 0.6) is 0 Å². The van der Waals surface area contributed by atoms with Gasteiger partial charge in [-0.05, 0) is 31.0 Å². The smallest absolute Gasteiger partial charge is 0.251 e. The molecule has 23 heavy (non-hydrogen) atoms. The van der Waals surface area contributed by atoms with Gasteiger partial charge in [-0.3, -0.25) is 13.9 Å². The average molecular weight is 339 g/mol. The summed E-state index contributed by atoms with van der Waals surface area (Å²) in [6.07, 6.45) is 1.41. The predicted molar refractivity (Wildman–Crippen MR) is 87.8 cm³/mol. The fourth-order valence-corrected chi connectivity index (χ4v) is 3.88. The molecular formula is C15H21N3O4S. The lowest BCUT2D eigenvalue weighted by Crippen LogP contribution is -2.37. The van der Waals surface area contributed by atoms with Crippen LogP contribution in [0, 0.1) is 0 Å². The summed E-state index contributed by atoms with van der Waals surface area (Å²) in [7, 11) is -3.28. The maximum atomic E-state index is 12.1. The number of hydrogen-bond acceptors (Lipinski definition) is 4. The van der Waals surface area contributed by atoms with Crippen molar-refractivity contribution in [1.29, 1.82) is 0 Å². The number of amides is 2. The third-order valence-electron chi connectivity index (χ3n) is 3.48. The maximum absolute atomic E-state index is 12.1. The molecule has 1 aliphatic heterocycles. The third kappa shape index (κ3) is 4.44. The Balaban J connectivity index is 2.02. The van der Waals surface area contributed by atoms with Crippen molar-refractivity contribution in [3.05, 3.63) is 29.8 Å². The number of hydrogen-bond donors (Lipinski definition) is 2. The van der Waals surface area contributed by atoms with E-state index in [1.807, 2.05) is 6.92 Å². The minimum atomic E-state index is -3.28. The van der Waals surface area contributed by atoms with Crippen LogP contribution < -0.4 is 14.9 Å². The predicted octanol–water partition coefficient (Wildman–Crippen LogP) is 0.482. The largest absolute Gasteiger partial charge is 0.355 e. The molecule has 0 aromatic heterocycles. The monoisotopic (exact) mass is 339 g/mol. The second kappa shape index (κ2) is 7.45. The first kappa shape index (κ1) is 17.3.